The van der Waals surface area contributed by atoms with Crippen LogP contribution in [0.15, 0.2) is 0 Å². The molecule has 2 amide bonds. The normalized spacial score (nSPS) is 25.5. The first kappa shape index (κ1) is 14.3. The Bertz CT molecular complexity index is 340. The molecule has 0 unspecified atom stereocenters. The third kappa shape index (κ3) is 3.67. The predicted molar refractivity (Wildman–Crippen MR) is 72.7 cm³/mol. The summed E-state index contributed by atoms with van der Waals surface area (Å²) in [7, 11) is 0. The highest BCUT2D eigenvalue weighted by atomic mass is 16.2. The largest absolute Gasteiger partial charge is 0.339 e. The van der Waals surface area contributed by atoms with Gasteiger partial charge >= 0.3 is 0 Å². The summed E-state index contributed by atoms with van der Waals surface area (Å²) in [4.78, 5) is 29.4. The highest BCUT2D eigenvalue weighted by Gasteiger charge is 2.26. The van der Waals surface area contributed by atoms with E-state index in [-0.39, 0.29) is 11.8 Å². The maximum atomic E-state index is 12.2. The molecule has 108 valence electrons. The predicted octanol–water partition coefficient (Wildman–Crippen LogP) is -1.03. The summed E-state index contributed by atoms with van der Waals surface area (Å²) in [5.74, 6) is 0.291. The van der Waals surface area contributed by atoms with Gasteiger partial charge < -0.3 is 15.1 Å². The van der Waals surface area contributed by atoms with E-state index >= 15 is 0 Å². The molecule has 1 N–H and O–H groups in total. The maximum Gasteiger partial charge on any atom is 0.236 e. The lowest BCUT2D eigenvalue weighted by Gasteiger charge is -2.38. The van der Waals surface area contributed by atoms with E-state index in [9.17, 15) is 9.59 Å². The lowest BCUT2D eigenvalue weighted by atomic mass is 10.2. The van der Waals surface area contributed by atoms with Crippen LogP contribution in [-0.4, -0.2) is 84.9 Å². The molecule has 2 rings (SSSR count). The number of rotatable bonds is 2. The SMILES string of the molecule is CC(=O)N1CCN(C(=O)CN2CCNC[C@@H]2C)CC1. The van der Waals surface area contributed by atoms with Crippen LogP contribution in [0.1, 0.15) is 13.8 Å². The number of nitrogens with zero attached hydrogens (tertiary/aromatic N) is 3. The quantitative estimate of drug-likeness (QED) is 0.696. The highest BCUT2D eigenvalue weighted by Crippen LogP contribution is 2.06. The third-order valence-electron chi connectivity index (χ3n) is 4.05. The minimum Gasteiger partial charge on any atom is -0.339 e. The molecule has 0 aromatic rings. The molecular formula is C13H24N4O2. The van der Waals surface area contributed by atoms with Crippen molar-refractivity contribution in [1.29, 1.82) is 0 Å². The van der Waals surface area contributed by atoms with Gasteiger partial charge in [-0.3, -0.25) is 14.5 Å². The smallest absolute Gasteiger partial charge is 0.236 e. The molecule has 2 aliphatic rings. The molecule has 0 saturated carbocycles. The van der Waals surface area contributed by atoms with Gasteiger partial charge in [0, 0.05) is 58.8 Å². The molecule has 6 heteroatoms. The van der Waals surface area contributed by atoms with E-state index in [1.54, 1.807) is 11.8 Å². The molecule has 0 spiro atoms. The van der Waals surface area contributed by atoms with Crippen molar-refractivity contribution in [2.75, 3.05) is 52.4 Å². The van der Waals surface area contributed by atoms with Crippen LogP contribution in [0.4, 0.5) is 0 Å². The minimum absolute atomic E-state index is 0.0998. The Labute approximate surface area is 114 Å². The van der Waals surface area contributed by atoms with Gasteiger partial charge in [-0.2, -0.15) is 0 Å². The van der Waals surface area contributed by atoms with Crippen molar-refractivity contribution in [2.45, 2.75) is 19.9 Å². The first-order valence-corrected chi connectivity index (χ1v) is 7.06. The molecule has 2 saturated heterocycles. The third-order valence-corrected chi connectivity index (χ3v) is 4.05. The van der Waals surface area contributed by atoms with Crippen LogP contribution in [0, 0.1) is 0 Å². The number of carbonyl (C=O) groups excluding carboxylic acids is 2. The lowest BCUT2D eigenvalue weighted by Crippen LogP contribution is -2.56. The molecule has 2 fully saturated rings. The van der Waals surface area contributed by atoms with Crippen LogP contribution in [0.3, 0.4) is 0 Å². The summed E-state index contributed by atoms with van der Waals surface area (Å²) in [6.07, 6.45) is 0. The zero-order valence-corrected chi connectivity index (χ0v) is 11.9. The van der Waals surface area contributed by atoms with E-state index in [0.29, 0.717) is 38.8 Å². The number of hydrogen-bond donors (Lipinski definition) is 1. The van der Waals surface area contributed by atoms with E-state index in [1.165, 1.54) is 0 Å². The van der Waals surface area contributed by atoms with Crippen LogP contribution < -0.4 is 5.32 Å². The van der Waals surface area contributed by atoms with Crippen molar-refractivity contribution in [3.05, 3.63) is 0 Å². The van der Waals surface area contributed by atoms with Crippen molar-refractivity contribution >= 4 is 11.8 Å². The van der Waals surface area contributed by atoms with Gasteiger partial charge in [-0.1, -0.05) is 0 Å². The Balaban J connectivity index is 1.79. The van der Waals surface area contributed by atoms with Crippen molar-refractivity contribution < 1.29 is 9.59 Å². The molecule has 0 aromatic heterocycles. The fraction of sp³-hybridized carbons (Fsp3) is 0.846. The summed E-state index contributed by atoms with van der Waals surface area (Å²) in [5.41, 5.74) is 0. The number of carbonyl (C=O) groups is 2. The lowest BCUT2D eigenvalue weighted by molar-refractivity contribution is -0.139. The van der Waals surface area contributed by atoms with E-state index < -0.39 is 0 Å². The number of piperazine rings is 2. The van der Waals surface area contributed by atoms with E-state index in [2.05, 4.69) is 17.1 Å². The molecule has 2 aliphatic heterocycles. The van der Waals surface area contributed by atoms with Gasteiger partial charge in [0.15, 0.2) is 0 Å². The topological polar surface area (TPSA) is 55.9 Å². The Kier molecular flexibility index (Phi) is 4.76. The molecule has 2 heterocycles. The Hall–Kier alpha value is -1.14. The molecule has 0 aliphatic carbocycles. The summed E-state index contributed by atoms with van der Waals surface area (Å²) >= 11 is 0. The second-order valence-electron chi connectivity index (χ2n) is 5.41. The van der Waals surface area contributed by atoms with Crippen LogP contribution in [0.2, 0.25) is 0 Å². The molecule has 0 aromatic carbocycles. The molecular weight excluding hydrogens is 244 g/mol. The van der Waals surface area contributed by atoms with Gasteiger partial charge in [-0.15, -0.1) is 0 Å². The van der Waals surface area contributed by atoms with E-state index in [4.69, 9.17) is 0 Å². The fourth-order valence-corrected chi connectivity index (χ4v) is 2.66. The average Bonchev–Trinajstić information content (AvgIpc) is 2.41. The van der Waals surface area contributed by atoms with E-state index in [0.717, 1.165) is 19.6 Å². The van der Waals surface area contributed by atoms with Crippen molar-refractivity contribution in [1.82, 2.24) is 20.0 Å². The summed E-state index contributed by atoms with van der Waals surface area (Å²) in [5, 5.41) is 3.32. The first-order chi connectivity index (χ1) is 9.08. The van der Waals surface area contributed by atoms with Crippen LogP contribution in [-0.2, 0) is 9.59 Å². The van der Waals surface area contributed by atoms with Crippen LogP contribution >= 0.6 is 0 Å². The molecule has 19 heavy (non-hydrogen) atoms. The second-order valence-corrected chi connectivity index (χ2v) is 5.41. The van der Waals surface area contributed by atoms with Crippen molar-refractivity contribution in [3.63, 3.8) is 0 Å². The second kappa shape index (κ2) is 6.34. The summed E-state index contributed by atoms with van der Waals surface area (Å²) in [6, 6.07) is 0.413. The van der Waals surface area contributed by atoms with Gasteiger partial charge in [0.1, 0.15) is 0 Å². The molecule has 0 bridgehead atoms. The highest BCUT2D eigenvalue weighted by molar-refractivity contribution is 5.79. The van der Waals surface area contributed by atoms with Gasteiger partial charge in [-0.05, 0) is 6.92 Å². The minimum atomic E-state index is 0.0998. The Morgan fingerprint density at radius 1 is 1.11 bits per heavy atom. The summed E-state index contributed by atoms with van der Waals surface area (Å²) in [6.45, 7) is 9.73. The number of amides is 2. The number of nitrogens with one attached hydrogen (secondary N) is 1. The van der Waals surface area contributed by atoms with Crippen molar-refractivity contribution in [3.8, 4) is 0 Å². The average molecular weight is 268 g/mol. The van der Waals surface area contributed by atoms with Crippen LogP contribution in [0.25, 0.3) is 0 Å². The summed E-state index contributed by atoms with van der Waals surface area (Å²) < 4.78 is 0. The van der Waals surface area contributed by atoms with Crippen molar-refractivity contribution in [2.24, 2.45) is 0 Å². The fourth-order valence-electron chi connectivity index (χ4n) is 2.66. The zero-order chi connectivity index (χ0) is 13.8. The Morgan fingerprint density at radius 2 is 1.74 bits per heavy atom. The monoisotopic (exact) mass is 268 g/mol. The van der Waals surface area contributed by atoms with Crippen LogP contribution in [0.5, 0.6) is 0 Å². The first-order valence-electron chi connectivity index (χ1n) is 7.06. The molecule has 6 nitrogen and oxygen atoms in total. The number of hydrogen-bond acceptors (Lipinski definition) is 4. The van der Waals surface area contributed by atoms with E-state index in [1.807, 2.05) is 4.90 Å². The molecule has 1 atom stereocenters. The van der Waals surface area contributed by atoms with Gasteiger partial charge in [0.05, 0.1) is 6.54 Å². The standard InChI is InChI=1S/C13H24N4O2/c1-11-9-14-3-4-17(11)10-13(19)16-7-5-15(6-8-16)12(2)18/h11,14H,3-10H2,1-2H3/t11-/m0/s1. The van der Waals surface area contributed by atoms with Gasteiger partial charge in [0.25, 0.3) is 0 Å². The Morgan fingerprint density at radius 3 is 2.32 bits per heavy atom. The van der Waals surface area contributed by atoms with Gasteiger partial charge in [0.2, 0.25) is 11.8 Å². The van der Waals surface area contributed by atoms with Gasteiger partial charge in [-0.25, -0.2) is 0 Å². The zero-order valence-electron chi connectivity index (χ0n) is 11.9. The maximum absolute atomic E-state index is 12.2. The molecule has 0 radical (unpaired) electrons.